The molecule has 0 atom stereocenters. The van der Waals surface area contributed by atoms with Crippen molar-refractivity contribution < 1.29 is 13.9 Å². The highest BCUT2D eigenvalue weighted by Crippen LogP contribution is 2.21. The van der Waals surface area contributed by atoms with E-state index in [1.54, 1.807) is 60.9 Å². The van der Waals surface area contributed by atoms with Crippen LogP contribution in [-0.4, -0.2) is 10.9 Å². The molecule has 1 amide bonds. The topological polar surface area (TPSA) is 51.2 Å². The molecule has 0 radical (unpaired) electrons. The van der Waals surface area contributed by atoms with Crippen LogP contribution in [0.15, 0.2) is 73.1 Å². The van der Waals surface area contributed by atoms with Gasteiger partial charge in [0.25, 0.3) is 5.91 Å². The third-order valence-electron chi connectivity index (χ3n) is 3.33. The molecule has 0 unspecified atom stereocenters. The molecule has 0 aliphatic heterocycles. The molecule has 2 aromatic carbocycles. The van der Waals surface area contributed by atoms with Crippen LogP contribution in [0.2, 0.25) is 0 Å². The quantitative estimate of drug-likeness (QED) is 0.771. The van der Waals surface area contributed by atoms with Crippen LogP contribution in [0.5, 0.6) is 5.75 Å². The van der Waals surface area contributed by atoms with Gasteiger partial charge >= 0.3 is 0 Å². The summed E-state index contributed by atoms with van der Waals surface area (Å²) in [4.78, 5) is 16.4. The highest BCUT2D eigenvalue weighted by Gasteiger charge is 2.12. The minimum Gasteiger partial charge on any atom is -0.488 e. The lowest BCUT2D eigenvalue weighted by Gasteiger charge is -2.11. The standard InChI is InChI=1S/C19H15FN2O2/c20-15-6-3-5-14(11-15)13-24-18-9-2-1-8-17(18)19(23)22-16-7-4-10-21-12-16/h1-12H,13H2,(H,22,23). The minimum atomic E-state index is -0.321. The van der Waals surface area contributed by atoms with Gasteiger partial charge in [-0.1, -0.05) is 24.3 Å². The van der Waals surface area contributed by atoms with Crippen molar-refractivity contribution in [3.05, 3.63) is 90.0 Å². The molecule has 24 heavy (non-hydrogen) atoms. The Balaban J connectivity index is 1.74. The SMILES string of the molecule is O=C(Nc1cccnc1)c1ccccc1OCc1cccc(F)c1. The Labute approximate surface area is 138 Å². The van der Waals surface area contributed by atoms with Crippen LogP contribution < -0.4 is 10.1 Å². The number of amides is 1. The summed E-state index contributed by atoms with van der Waals surface area (Å²) in [5.41, 5.74) is 1.69. The zero-order chi connectivity index (χ0) is 16.8. The first kappa shape index (κ1) is 15.7. The van der Waals surface area contributed by atoms with Gasteiger partial charge in [0, 0.05) is 6.20 Å². The molecule has 0 spiro atoms. The van der Waals surface area contributed by atoms with E-state index < -0.39 is 0 Å². The summed E-state index contributed by atoms with van der Waals surface area (Å²) < 4.78 is 18.9. The Kier molecular flexibility index (Phi) is 4.81. The number of carbonyl (C=O) groups is 1. The number of halogens is 1. The average Bonchev–Trinajstić information content (AvgIpc) is 2.61. The molecular formula is C19H15FN2O2. The van der Waals surface area contributed by atoms with Gasteiger partial charge in [-0.3, -0.25) is 9.78 Å². The van der Waals surface area contributed by atoms with Crippen molar-refractivity contribution in [2.24, 2.45) is 0 Å². The van der Waals surface area contributed by atoms with E-state index in [2.05, 4.69) is 10.3 Å². The van der Waals surface area contributed by atoms with Gasteiger partial charge in [-0.15, -0.1) is 0 Å². The molecule has 0 bridgehead atoms. The molecule has 1 N–H and O–H groups in total. The first-order valence-corrected chi connectivity index (χ1v) is 7.40. The molecule has 0 saturated heterocycles. The van der Waals surface area contributed by atoms with Crippen LogP contribution in [0, 0.1) is 5.82 Å². The van der Waals surface area contributed by atoms with E-state index in [1.165, 1.54) is 12.1 Å². The van der Waals surface area contributed by atoms with Crippen molar-refractivity contribution in [1.29, 1.82) is 0 Å². The molecule has 4 nitrogen and oxygen atoms in total. The number of nitrogens with zero attached hydrogens (tertiary/aromatic N) is 1. The summed E-state index contributed by atoms with van der Waals surface area (Å²) in [5, 5.41) is 2.76. The van der Waals surface area contributed by atoms with Gasteiger partial charge in [0.1, 0.15) is 18.2 Å². The summed E-state index contributed by atoms with van der Waals surface area (Å²) in [7, 11) is 0. The maximum Gasteiger partial charge on any atom is 0.259 e. The summed E-state index contributed by atoms with van der Waals surface area (Å²) in [6, 6.07) is 16.6. The largest absolute Gasteiger partial charge is 0.488 e. The number of rotatable bonds is 5. The highest BCUT2D eigenvalue weighted by atomic mass is 19.1. The zero-order valence-electron chi connectivity index (χ0n) is 12.8. The number of ether oxygens (including phenoxy) is 1. The maximum atomic E-state index is 13.2. The van der Waals surface area contributed by atoms with E-state index in [1.807, 2.05) is 0 Å². The van der Waals surface area contributed by atoms with E-state index in [-0.39, 0.29) is 18.3 Å². The summed E-state index contributed by atoms with van der Waals surface area (Å²) in [5.74, 6) is -0.181. The average molecular weight is 322 g/mol. The van der Waals surface area contributed by atoms with Gasteiger partial charge in [-0.05, 0) is 42.0 Å². The van der Waals surface area contributed by atoms with Gasteiger partial charge < -0.3 is 10.1 Å². The maximum absolute atomic E-state index is 13.2. The van der Waals surface area contributed by atoms with Crippen molar-refractivity contribution in [1.82, 2.24) is 4.98 Å². The molecule has 3 rings (SSSR count). The Hall–Kier alpha value is -3.21. The number of hydrogen-bond donors (Lipinski definition) is 1. The lowest BCUT2D eigenvalue weighted by molar-refractivity contribution is 0.102. The molecule has 3 aromatic rings. The predicted octanol–water partition coefficient (Wildman–Crippen LogP) is 4.05. The lowest BCUT2D eigenvalue weighted by atomic mass is 10.2. The third-order valence-corrected chi connectivity index (χ3v) is 3.33. The second-order valence-electron chi connectivity index (χ2n) is 5.11. The molecule has 0 aliphatic rings. The summed E-state index contributed by atoms with van der Waals surface area (Å²) >= 11 is 0. The second-order valence-corrected chi connectivity index (χ2v) is 5.11. The van der Waals surface area contributed by atoms with Gasteiger partial charge in [-0.25, -0.2) is 4.39 Å². The van der Waals surface area contributed by atoms with E-state index in [0.717, 1.165) is 0 Å². The summed E-state index contributed by atoms with van der Waals surface area (Å²) in [6.45, 7) is 0.176. The number of hydrogen-bond acceptors (Lipinski definition) is 3. The van der Waals surface area contributed by atoms with Crippen LogP contribution in [0.3, 0.4) is 0 Å². The number of pyridine rings is 1. The lowest BCUT2D eigenvalue weighted by Crippen LogP contribution is -2.13. The van der Waals surface area contributed by atoms with Crippen molar-refractivity contribution in [3.8, 4) is 5.75 Å². The van der Waals surface area contributed by atoms with Gasteiger partial charge in [0.15, 0.2) is 0 Å². The first-order chi connectivity index (χ1) is 11.7. The second kappa shape index (κ2) is 7.37. The minimum absolute atomic E-state index is 0.176. The van der Waals surface area contributed by atoms with Crippen LogP contribution in [-0.2, 0) is 6.61 Å². The monoisotopic (exact) mass is 322 g/mol. The van der Waals surface area contributed by atoms with E-state index >= 15 is 0 Å². The smallest absolute Gasteiger partial charge is 0.259 e. The molecule has 0 saturated carbocycles. The Bertz CT molecular complexity index is 838. The Morgan fingerprint density at radius 1 is 1.08 bits per heavy atom. The van der Waals surface area contributed by atoms with E-state index in [0.29, 0.717) is 22.6 Å². The molecule has 0 fully saturated rings. The molecule has 1 heterocycles. The Morgan fingerprint density at radius 2 is 1.96 bits per heavy atom. The molecule has 5 heteroatoms. The van der Waals surface area contributed by atoms with Crippen molar-refractivity contribution in [3.63, 3.8) is 0 Å². The molecule has 120 valence electrons. The number of nitrogens with one attached hydrogen (secondary N) is 1. The number of anilines is 1. The fraction of sp³-hybridized carbons (Fsp3) is 0.0526. The molecule has 1 aromatic heterocycles. The van der Waals surface area contributed by atoms with Gasteiger partial charge in [0.2, 0.25) is 0 Å². The third kappa shape index (κ3) is 3.95. The predicted molar refractivity (Wildman–Crippen MR) is 89.4 cm³/mol. The van der Waals surface area contributed by atoms with E-state index in [4.69, 9.17) is 4.74 Å². The normalized spacial score (nSPS) is 10.2. The fourth-order valence-electron chi connectivity index (χ4n) is 2.20. The van der Waals surface area contributed by atoms with E-state index in [9.17, 15) is 9.18 Å². The van der Waals surface area contributed by atoms with Crippen molar-refractivity contribution >= 4 is 11.6 Å². The fourth-order valence-corrected chi connectivity index (χ4v) is 2.20. The van der Waals surface area contributed by atoms with Crippen LogP contribution in [0.25, 0.3) is 0 Å². The van der Waals surface area contributed by atoms with Crippen LogP contribution >= 0.6 is 0 Å². The van der Waals surface area contributed by atoms with Crippen molar-refractivity contribution in [2.45, 2.75) is 6.61 Å². The number of benzene rings is 2. The molecule has 0 aliphatic carbocycles. The first-order valence-electron chi connectivity index (χ1n) is 7.40. The zero-order valence-corrected chi connectivity index (χ0v) is 12.8. The van der Waals surface area contributed by atoms with Gasteiger partial charge in [-0.2, -0.15) is 0 Å². The van der Waals surface area contributed by atoms with Crippen LogP contribution in [0.4, 0.5) is 10.1 Å². The van der Waals surface area contributed by atoms with Crippen molar-refractivity contribution in [2.75, 3.05) is 5.32 Å². The van der Waals surface area contributed by atoms with Crippen LogP contribution in [0.1, 0.15) is 15.9 Å². The number of aromatic nitrogens is 1. The number of para-hydroxylation sites is 1. The Morgan fingerprint density at radius 3 is 2.75 bits per heavy atom. The summed E-state index contributed by atoms with van der Waals surface area (Å²) in [6.07, 6.45) is 3.19. The molecular weight excluding hydrogens is 307 g/mol. The highest BCUT2D eigenvalue weighted by molar-refractivity contribution is 6.06. The number of carbonyl (C=O) groups excluding carboxylic acids is 1. The van der Waals surface area contributed by atoms with Gasteiger partial charge in [0.05, 0.1) is 17.4 Å².